The van der Waals surface area contributed by atoms with Gasteiger partial charge in [-0.15, -0.1) is 0 Å². The van der Waals surface area contributed by atoms with Gasteiger partial charge in [0.15, 0.2) is 0 Å². The van der Waals surface area contributed by atoms with Gasteiger partial charge in [0.05, 0.1) is 0 Å². The van der Waals surface area contributed by atoms with E-state index in [1.807, 2.05) is 54.6 Å². The van der Waals surface area contributed by atoms with Gasteiger partial charge in [0.2, 0.25) is 11.8 Å². The van der Waals surface area contributed by atoms with Gasteiger partial charge in [0, 0.05) is 6.42 Å². The molecule has 0 radical (unpaired) electrons. The van der Waals surface area contributed by atoms with Crippen LogP contribution in [0.1, 0.15) is 30.5 Å². The monoisotopic (exact) mass is 426 g/mol. The van der Waals surface area contributed by atoms with E-state index in [1.54, 1.807) is 0 Å². The molecular weight excluding hydrogens is 396 g/mol. The molecule has 0 N–H and O–H groups in total. The Kier molecular flexibility index (Phi) is 7.34. The number of rotatable bonds is 7. The molecule has 4 heteroatoms. The average molecular weight is 427 g/mol. The second-order valence-corrected chi connectivity index (χ2v) is 8.38. The highest BCUT2D eigenvalue weighted by molar-refractivity contribution is 5.94. The first-order chi connectivity index (χ1) is 15.7. The van der Waals surface area contributed by atoms with E-state index in [1.165, 1.54) is 5.56 Å². The molecule has 1 heterocycles. The summed E-state index contributed by atoms with van der Waals surface area (Å²) in [5.41, 5.74) is 3.43. The fourth-order valence-electron chi connectivity index (χ4n) is 3.69. The van der Waals surface area contributed by atoms with E-state index >= 15 is 0 Å². The molecule has 1 aliphatic rings. The molecule has 0 spiro atoms. The fraction of sp³-hybridized carbons (Fsp3) is 0.286. The predicted octanol–water partition coefficient (Wildman–Crippen LogP) is 5.87. The SMILES string of the molecule is CC(C)[C@@H]1N=C(OCc2ccccc2)[C@@H](Cc2ccccc2)N=C1OCc1ccccc1. The molecule has 3 aromatic carbocycles. The Bertz CT molecular complexity index is 1030. The fourth-order valence-corrected chi connectivity index (χ4v) is 3.69. The van der Waals surface area contributed by atoms with Crippen molar-refractivity contribution in [3.63, 3.8) is 0 Å². The van der Waals surface area contributed by atoms with Crippen LogP contribution in [-0.4, -0.2) is 23.9 Å². The summed E-state index contributed by atoms with van der Waals surface area (Å²) in [6.07, 6.45) is 0.720. The van der Waals surface area contributed by atoms with Gasteiger partial charge >= 0.3 is 0 Å². The first-order valence-electron chi connectivity index (χ1n) is 11.2. The zero-order valence-corrected chi connectivity index (χ0v) is 18.7. The first kappa shape index (κ1) is 21.8. The number of ether oxygens (including phenoxy) is 2. The van der Waals surface area contributed by atoms with Crippen LogP contribution in [0, 0.1) is 5.92 Å². The van der Waals surface area contributed by atoms with Crippen molar-refractivity contribution >= 4 is 11.8 Å². The van der Waals surface area contributed by atoms with Crippen LogP contribution in [0.25, 0.3) is 0 Å². The third-order valence-electron chi connectivity index (χ3n) is 5.45. The summed E-state index contributed by atoms with van der Waals surface area (Å²) in [7, 11) is 0. The van der Waals surface area contributed by atoms with Crippen molar-refractivity contribution < 1.29 is 9.47 Å². The highest BCUT2D eigenvalue weighted by atomic mass is 16.5. The van der Waals surface area contributed by atoms with Gasteiger partial charge in [-0.3, -0.25) is 0 Å². The normalized spacial score (nSPS) is 18.1. The van der Waals surface area contributed by atoms with Crippen molar-refractivity contribution in [2.75, 3.05) is 0 Å². The van der Waals surface area contributed by atoms with Crippen molar-refractivity contribution in [3.8, 4) is 0 Å². The minimum absolute atomic E-state index is 0.156. The summed E-state index contributed by atoms with van der Waals surface area (Å²) in [6.45, 7) is 5.24. The van der Waals surface area contributed by atoms with Crippen molar-refractivity contribution in [3.05, 3.63) is 108 Å². The minimum Gasteiger partial charge on any atom is -0.475 e. The zero-order valence-electron chi connectivity index (χ0n) is 18.7. The lowest BCUT2D eigenvalue weighted by atomic mass is 10.0. The van der Waals surface area contributed by atoms with E-state index < -0.39 is 0 Å². The molecule has 0 fully saturated rings. The third-order valence-corrected chi connectivity index (χ3v) is 5.45. The Labute approximate surface area is 190 Å². The maximum absolute atomic E-state index is 6.23. The maximum atomic E-state index is 6.23. The second-order valence-electron chi connectivity index (χ2n) is 8.38. The van der Waals surface area contributed by atoms with Gasteiger partial charge in [0.25, 0.3) is 0 Å². The smallest absolute Gasteiger partial charge is 0.210 e. The highest BCUT2D eigenvalue weighted by Crippen LogP contribution is 2.22. The molecule has 32 heavy (non-hydrogen) atoms. The molecule has 1 aliphatic heterocycles. The van der Waals surface area contributed by atoms with E-state index in [-0.39, 0.29) is 18.0 Å². The first-order valence-corrected chi connectivity index (χ1v) is 11.2. The molecule has 2 atom stereocenters. The zero-order chi connectivity index (χ0) is 22.2. The number of aliphatic imine (C=N–C) groups is 2. The third kappa shape index (κ3) is 5.85. The van der Waals surface area contributed by atoms with Gasteiger partial charge in [0.1, 0.15) is 25.3 Å². The molecule has 0 saturated carbocycles. The topological polar surface area (TPSA) is 43.2 Å². The van der Waals surface area contributed by atoms with Crippen molar-refractivity contribution in [1.82, 2.24) is 0 Å². The molecule has 0 bridgehead atoms. The summed E-state index contributed by atoms with van der Waals surface area (Å²) < 4.78 is 12.4. The second kappa shape index (κ2) is 10.8. The maximum Gasteiger partial charge on any atom is 0.210 e. The van der Waals surface area contributed by atoms with Crippen LogP contribution in [0.15, 0.2) is 101 Å². The van der Waals surface area contributed by atoms with Crippen LogP contribution in [0.3, 0.4) is 0 Å². The summed E-state index contributed by atoms with van der Waals surface area (Å²) in [4.78, 5) is 10.0. The largest absolute Gasteiger partial charge is 0.475 e. The summed E-state index contributed by atoms with van der Waals surface area (Å²) in [6, 6.07) is 30.3. The molecule has 0 saturated heterocycles. The average Bonchev–Trinajstić information content (AvgIpc) is 2.84. The van der Waals surface area contributed by atoms with Gasteiger partial charge in [-0.25, -0.2) is 9.98 Å². The Morgan fingerprint density at radius 3 is 1.59 bits per heavy atom. The summed E-state index contributed by atoms with van der Waals surface area (Å²) in [5, 5.41) is 0. The standard InChI is InChI=1S/C28H30N2O2/c1-21(2)26-28(32-20-24-16-10-5-11-17-24)29-25(18-22-12-6-3-7-13-22)27(30-26)31-19-23-14-8-4-9-15-23/h3-17,21,25-26H,18-20H2,1-2H3/t25-,26+/m1/s1. The summed E-state index contributed by atoms with van der Waals surface area (Å²) >= 11 is 0. The number of benzene rings is 3. The Morgan fingerprint density at radius 2 is 1.09 bits per heavy atom. The van der Waals surface area contributed by atoms with Crippen LogP contribution >= 0.6 is 0 Å². The van der Waals surface area contributed by atoms with Crippen LogP contribution in [0.2, 0.25) is 0 Å². The summed E-state index contributed by atoms with van der Waals surface area (Å²) in [5.74, 6) is 1.62. The number of hydrogen-bond acceptors (Lipinski definition) is 4. The molecule has 0 unspecified atom stereocenters. The van der Waals surface area contributed by atoms with E-state index in [0.717, 1.165) is 17.5 Å². The van der Waals surface area contributed by atoms with Crippen molar-refractivity contribution in [2.24, 2.45) is 15.9 Å². The van der Waals surface area contributed by atoms with Crippen molar-refractivity contribution in [1.29, 1.82) is 0 Å². The molecule has 0 aromatic heterocycles. The van der Waals surface area contributed by atoms with Crippen LogP contribution in [0.4, 0.5) is 0 Å². The van der Waals surface area contributed by atoms with E-state index in [0.29, 0.717) is 25.0 Å². The van der Waals surface area contributed by atoms with E-state index in [9.17, 15) is 0 Å². The molecule has 164 valence electrons. The Hall–Kier alpha value is -3.40. The lowest BCUT2D eigenvalue weighted by Crippen LogP contribution is -2.39. The molecule has 0 aliphatic carbocycles. The molecule has 4 nitrogen and oxygen atoms in total. The van der Waals surface area contributed by atoms with Gasteiger partial charge in [-0.1, -0.05) is 105 Å². The van der Waals surface area contributed by atoms with Gasteiger partial charge < -0.3 is 9.47 Å². The molecule has 4 rings (SSSR count). The van der Waals surface area contributed by atoms with Crippen LogP contribution in [0.5, 0.6) is 0 Å². The minimum atomic E-state index is -0.207. The van der Waals surface area contributed by atoms with Gasteiger partial charge in [-0.05, 0) is 22.6 Å². The lowest BCUT2D eigenvalue weighted by molar-refractivity contribution is 0.247. The predicted molar refractivity (Wildman–Crippen MR) is 130 cm³/mol. The highest BCUT2D eigenvalue weighted by Gasteiger charge is 2.32. The van der Waals surface area contributed by atoms with Gasteiger partial charge in [-0.2, -0.15) is 0 Å². The number of nitrogens with zero attached hydrogens (tertiary/aromatic N) is 2. The Balaban J connectivity index is 1.56. The van der Waals surface area contributed by atoms with Crippen LogP contribution < -0.4 is 0 Å². The lowest BCUT2D eigenvalue weighted by Gasteiger charge is -2.28. The van der Waals surface area contributed by atoms with Crippen LogP contribution in [-0.2, 0) is 29.1 Å². The molecule has 0 amide bonds. The van der Waals surface area contributed by atoms with E-state index in [4.69, 9.17) is 19.5 Å². The number of hydrogen-bond donors (Lipinski definition) is 0. The molecule has 3 aromatic rings. The van der Waals surface area contributed by atoms with E-state index in [2.05, 4.69) is 50.2 Å². The Morgan fingerprint density at radius 1 is 0.625 bits per heavy atom. The van der Waals surface area contributed by atoms with Crippen molar-refractivity contribution in [2.45, 2.75) is 45.6 Å². The quantitative estimate of drug-likeness (QED) is 0.474. The molecular formula is C28H30N2O2.